The highest BCUT2D eigenvalue weighted by Crippen LogP contribution is 2.47. The number of para-hydroxylation sites is 3. The van der Waals surface area contributed by atoms with E-state index in [1.54, 1.807) is 0 Å². The van der Waals surface area contributed by atoms with Gasteiger partial charge in [0.15, 0.2) is 0 Å². The lowest BCUT2D eigenvalue weighted by Gasteiger charge is -2.28. The predicted octanol–water partition coefficient (Wildman–Crippen LogP) is 12.1. The van der Waals surface area contributed by atoms with Crippen molar-refractivity contribution >= 4 is 34.0 Å². The zero-order chi connectivity index (χ0) is 30.6. The molecule has 0 amide bonds. The van der Waals surface area contributed by atoms with Crippen LogP contribution in [0, 0.1) is 0 Å². The van der Waals surface area contributed by atoms with Crippen LogP contribution in [0.4, 0.5) is 28.4 Å². The fraction of sp³-hybridized carbons (Fsp3) is 0.0233. The third-order valence-corrected chi connectivity index (χ3v) is 8.38. The fourth-order valence-electron chi connectivity index (χ4n) is 6.23. The van der Waals surface area contributed by atoms with Crippen molar-refractivity contribution in [3.63, 3.8) is 0 Å². The second-order valence-electron chi connectivity index (χ2n) is 11.1. The topological polar surface area (TPSA) is 6.48 Å². The first-order valence-corrected chi connectivity index (χ1v) is 15.3. The molecule has 0 radical (unpaired) electrons. The highest BCUT2D eigenvalue weighted by molar-refractivity contribution is 5.98. The Morgan fingerprint density at radius 1 is 0.533 bits per heavy atom. The molecule has 0 N–H and O–H groups in total. The van der Waals surface area contributed by atoms with Crippen molar-refractivity contribution in [1.82, 2.24) is 0 Å². The van der Waals surface area contributed by atoms with Gasteiger partial charge in [0.25, 0.3) is 0 Å². The molecule has 0 bridgehead atoms. The van der Waals surface area contributed by atoms with Crippen molar-refractivity contribution < 1.29 is 0 Å². The van der Waals surface area contributed by atoms with Crippen LogP contribution in [0.2, 0.25) is 0 Å². The summed E-state index contributed by atoms with van der Waals surface area (Å²) in [7, 11) is 0. The maximum Gasteiger partial charge on any atom is 0.0540 e. The highest BCUT2D eigenvalue weighted by Gasteiger charge is 2.25. The number of hydrogen-bond acceptors (Lipinski definition) is 2. The Balaban J connectivity index is 1.35. The maximum atomic E-state index is 3.95. The van der Waals surface area contributed by atoms with E-state index >= 15 is 0 Å². The van der Waals surface area contributed by atoms with Crippen molar-refractivity contribution in [2.45, 2.75) is 6.92 Å². The van der Waals surface area contributed by atoms with Crippen LogP contribution >= 0.6 is 0 Å². The number of rotatable bonds is 7. The largest absolute Gasteiger partial charge is 0.311 e. The summed E-state index contributed by atoms with van der Waals surface area (Å²) >= 11 is 0. The van der Waals surface area contributed by atoms with E-state index in [2.05, 4.69) is 187 Å². The molecule has 1 heterocycles. The Kier molecular flexibility index (Phi) is 7.70. The van der Waals surface area contributed by atoms with Crippen LogP contribution in [-0.4, -0.2) is 0 Å². The summed E-state index contributed by atoms with van der Waals surface area (Å²) in [5.74, 6) is 0. The normalized spacial score (nSPS) is 12.4. The monoisotopic (exact) mass is 578 g/mol. The lowest BCUT2D eigenvalue weighted by Crippen LogP contribution is -2.16. The molecule has 7 rings (SSSR count). The van der Waals surface area contributed by atoms with Crippen LogP contribution in [0.1, 0.15) is 12.5 Å². The molecule has 6 aromatic rings. The number of anilines is 5. The molecule has 6 aromatic carbocycles. The number of fused-ring (bicyclic) bond motifs is 3. The second kappa shape index (κ2) is 12.4. The smallest absolute Gasteiger partial charge is 0.0540 e. The molecule has 1 aliphatic heterocycles. The molecule has 0 saturated heterocycles. The van der Waals surface area contributed by atoms with Crippen molar-refractivity contribution in [3.05, 3.63) is 194 Å². The molecule has 0 fully saturated rings. The van der Waals surface area contributed by atoms with E-state index in [0.29, 0.717) is 0 Å². The SMILES string of the molecule is C=C/C=C\C1=C(C)c2ccccc2-c2cc(-c3ccc(N(c4ccccc4)c4ccccc4)cc3)ccc2N1c1ccccc1. The molecule has 2 heteroatoms. The van der Waals surface area contributed by atoms with E-state index < -0.39 is 0 Å². The molecule has 1 aliphatic rings. The van der Waals surface area contributed by atoms with Crippen molar-refractivity contribution in [1.29, 1.82) is 0 Å². The third kappa shape index (κ3) is 5.39. The van der Waals surface area contributed by atoms with Gasteiger partial charge in [0, 0.05) is 34.0 Å². The molecule has 0 unspecified atom stereocenters. The zero-order valence-corrected chi connectivity index (χ0v) is 25.3. The van der Waals surface area contributed by atoms with E-state index in [1.807, 2.05) is 12.2 Å². The number of benzene rings is 6. The summed E-state index contributed by atoms with van der Waals surface area (Å²) in [6, 6.07) is 56.2. The van der Waals surface area contributed by atoms with Crippen LogP contribution in [0.5, 0.6) is 0 Å². The van der Waals surface area contributed by atoms with Gasteiger partial charge >= 0.3 is 0 Å². The van der Waals surface area contributed by atoms with Crippen LogP contribution < -0.4 is 9.80 Å². The first-order chi connectivity index (χ1) is 22.2. The zero-order valence-electron chi connectivity index (χ0n) is 25.3. The maximum absolute atomic E-state index is 3.95. The van der Waals surface area contributed by atoms with Gasteiger partial charge in [-0.15, -0.1) is 0 Å². The first kappa shape index (κ1) is 27.9. The summed E-state index contributed by atoms with van der Waals surface area (Å²) < 4.78 is 0. The molecule has 0 saturated carbocycles. The highest BCUT2D eigenvalue weighted by atomic mass is 15.2. The molecule has 2 nitrogen and oxygen atoms in total. The van der Waals surface area contributed by atoms with Gasteiger partial charge in [-0.2, -0.15) is 0 Å². The Labute approximate surface area is 266 Å². The van der Waals surface area contributed by atoms with Gasteiger partial charge in [0.2, 0.25) is 0 Å². The van der Waals surface area contributed by atoms with Gasteiger partial charge in [0.1, 0.15) is 0 Å². The number of nitrogens with zero attached hydrogens (tertiary/aromatic N) is 2. The summed E-state index contributed by atoms with van der Waals surface area (Å²) in [6.07, 6.45) is 6.02. The first-order valence-electron chi connectivity index (χ1n) is 15.3. The van der Waals surface area contributed by atoms with Crippen LogP contribution in [0.15, 0.2) is 188 Å². The van der Waals surface area contributed by atoms with Gasteiger partial charge in [-0.3, -0.25) is 0 Å². The molecule has 0 aromatic heterocycles. The molecular formula is C43H34N2. The molecule has 45 heavy (non-hydrogen) atoms. The minimum atomic E-state index is 1.12. The minimum absolute atomic E-state index is 1.12. The minimum Gasteiger partial charge on any atom is -0.311 e. The summed E-state index contributed by atoms with van der Waals surface area (Å²) in [5.41, 5.74) is 14.0. The number of allylic oxidation sites excluding steroid dienone is 4. The molecule has 0 aliphatic carbocycles. The summed E-state index contributed by atoms with van der Waals surface area (Å²) in [4.78, 5) is 4.66. The molecular weight excluding hydrogens is 544 g/mol. The average Bonchev–Trinajstić information content (AvgIpc) is 3.21. The quantitative estimate of drug-likeness (QED) is 0.174. The standard InChI is InChI=1S/C43H34N2/c1-3-4-24-42-32(2)39-22-14-15-23-40(39)41-31-34(27-30-43(41)45(42)37-20-12-7-13-21-37)33-25-28-38(29-26-33)44(35-16-8-5-9-17-35)36-18-10-6-11-19-36/h3-31H,1H2,2H3/b24-4-. The average molecular weight is 579 g/mol. The Bertz CT molecular complexity index is 1970. The third-order valence-electron chi connectivity index (χ3n) is 8.38. The Morgan fingerprint density at radius 2 is 1.07 bits per heavy atom. The van der Waals surface area contributed by atoms with Gasteiger partial charge in [-0.1, -0.05) is 116 Å². The van der Waals surface area contributed by atoms with E-state index in [-0.39, 0.29) is 0 Å². The van der Waals surface area contributed by atoms with Crippen LogP contribution in [0.3, 0.4) is 0 Å². The predicted molar refractivity (Wildman–Crippen MR) is 193 cm³/mol. The number of hydrogen-bond donors (Lipinski definition) is 0. The Morgan fingerprint density at radius 3 is 1.69 bits per heavy atom. The van der Waals surface area contributed by atoms with E-state index in [1.165, 1.54) is 33.4 Å². The summed E-state index contributed by atoms with van der Waals surface area (Å²) in [6.45, 7) is 6.16. The van der Waals surface area contributed by atoms with Crippen molar-refractivity contribution in [3.8, 4) is 22.3 Å². The molecule has 0 atom stereocenters. The van der Waals surface area contributed by atoms with E-state index in [4.69, 9.17) is 0 Å². The molecule has 216 valence electrons. The Hall–Kier alpha value is -5.86. The van der Waals surface area contributed by atoms with E-state index in [9.17, 15) is 0 Å². The lowest BCUT2D eigenvalue weighted by molar-refractivity contribution is 1.22. The van der Waals surface area contributed by atoms with Crippen molar-refractivity contribution in [2.75, 3.05) is 9.80 Å². The van der Waals surface area contributed by atoms with Gasteiger partial charge < -0.3 is 9.80 Å². The van der Waals surface area contributed by atoms with E-state index in [0.717, 1.165) is 34.1 Å². The molecule has 0 spiro atoms. The van der Waals surface area contributed by atoms with Gasteiger partial charge in [-0.25, -0.2) is 0 Å². The van der Waals surface area contributed by atoms with Gasteiger partial charge in [0.05, 0.1) is 5.69 Å². The van der Waals surface area contributed by atoms with Crippen LogP contribution in [-0.2, 0) is 0 Å². The van der Waals surface area contributed by atoms with Crippen LogP contribution in [0.25, 0.3) is 27.8 Å². The lowest BCUT2D eigenvalue weighted by atomic mass is 9.92. The summed E-state index contributed by atoms with van der Waals surface area (Å²) in [5, 5.41) is 0. The van der Waals surface area contributed by atoms with Gasteiger partial charge in [-0.05, 0) is 101 Å². The van der Waals surface area contributed by atoms with Crippen molar-refractivity contribution in [2.24, 2.45) is 0 Å². The fourth-order valence-corrected chi connectivity index (χ4v) is 6.23. The second-order valence-corrected chi connectivity index (χ2v) is 11.1.